The van der Waals surface area contributed by atoms with Crippen LogP contribution < -0.4 is 5.32 Å². The Balaban J connectivity index is 2.03. The average Bonchev–Trinajstić information content (AvgIpc) is 2.53. The van der Waals surface area contributed by atoms with Gasteiger partial charge in [-0.05, 0) is 33.0 Å². The van der Waals surface area contributed by atoms with Crippen molar-refractivity contribution in [2.24, 2.45) is 0 Å². The number of nitrogens with one attached hydrogen (secondary N) is 1. The molecule has 6 heteroatoms. The fraction of sp³-hybridized carbons (Fsp3) is 0.688. The maximum atomic E-state index is 12.4. The van der Waals surface area contributed by atoms with E-state index in [4.69, 9.17) is 4.74 Å². The molecule has 0 saturated carbocycles. The lowest BCUT2D eigenvalue weighted by atomic mass is 9.88. The van der Waals surface area contributed by atoms with Gasteiger partial charge in [-0.2, -0.15) is 0 Å². The number of aromatic nitrogens is 2. The van der Waals surface area contributed by atoms with Crippen molar-refractivity contribution in [3.63, 3.8) is 0 Å². The smallest absolute Gasteiger partial charge is 0.270 e. The predicted molar refractivity (Wildman–Crippen MR) is 84.9 cm³/mol. The molecule has 0 aliphatic carbocycles. The first kappa shape index (κ1) is 16.8. The number of rotatable bonds is 5. The number of carbonyl (C=O) groups excluding carboxylic acids is 1. The van der Waals surface area contributed by atoms with E-state index in [0.29, 0.717) is 18.1 Å². The molecule has 1 aliphatic rings. The van der Waals surface area contributed by atoms with Crippen molar-refractivity contribution in [1.82, 2.24) is 20.2 Å². The Morgan fingerprint density at radius 2 is 2.09 bits per heavy atom. The third-order valence-corrected chi connectivity index (χ3v) is 4.37. The summed E-state index contributed by atoms with van der Waals surface area (Å²) in [6.45, 7) is 6.10. The van der Waals surface area contributed by atoms with Crippen LogP contribution >= 0.6 is 0 Å². The third kappa shape index (κ3) is 3.81. The maximum absolute atomic E-state index is 12.4. The van der Waals surface area contributed by atoms with Crippen LogP contribution in [-0.4, -0.2) is 60.2 Å². The molecule has 0 spiro atoms. The predicted octanol–water partition coefficient (Wildman–Crippen LogP) is 1.44. The highest BCUT2D eigenvalue weighted by Gasteiger charge is 2.35. The van der Waals surface area contributed by atoms with Gasteiger partial charge in [0.1, 0.15) is 11.5 Å². The zero-order valence-corrected chi connectivity index (χ0v) is 13.9. The minimum Gasteiger partial charge on any atom is -0.381 e. The van der Waals surface area contributed by atoms with Crippen LogP contribution in [-0.2, 0) is 4.74 Å². The minimum atomic E-state index is -0.142. The summed E-state index contributed by atoms with van der Waals surface area (Å²) in [5.74, 6) is 0.759. The molecular formula is C16H26N4O2. The second kappa shape index (κ2) is 7.15. The lowest BCUT2D eigenvalue weighted by Crippen LogP contribution is -2.55. The molecule has 22 heavy (non-hydrogen) atoms. The van der Waals surface area contributed by atoms with Crippen LogP contribution in [0, 0.1) is 0 Å². The molecule has 1 amide bonds. The molecule has 2 heterocycles. The quantitative estimate of drug-likeness (QED) is 0.891. The lowest BCUT2D eigenvalue weighted by Gasteiger charge is -2.42. The van der Waals surface area contributed by atoms with Crippen molar-refractivity contribution in [3.05, 3.63) is 23.8 Å². The second-order valence-corrected chi connectivity index (χ2v) is 6.37. The third-order valence-electron chi connectivity index (χ3n) is 4.37. The Morgan fingerprint density at radius 1 is 1.41 bits per heavy atom. The number of nitrogens with zero attached hydrogens (tertiary/aromatic N) is 3. The van der Waals surface area contributed by atoms with Crippen LogP contribution in [0.4, 0.5) is 0 Å². The molecule has 0 unspecified atom stereocenters. The van der Waals surface area contributed by atoms with Gasteiger partial charge in [-0.15, -0.1) is 0 Å². The number of hydrogen-bond acceptors (Lipinski definition) is 5. The topological polar surface area (TPSA) is 67.4 Å². The van der Waals surface area contributed by atoms with E-state index in [2.05, 4.69) is 34.3 Å². The summed E-state index contributed by atoms with van der Waals surface area (Å²) in [4.78, 5) is 23.1. The summed E-state index contributed by atoms with van der Waals surface area (Å²) in [5, 5.41) is 3.03. The highest BCUT2D eigenvalue weighted by Crippen LogP contribution is 2.25. The molecule has 6 nitrogen and oxygen atoms in total. The summed E-state index contributed by atoms with van der Waals surface area (Å²) >= 11 is 0. The van der Waals surface area contributed by atoms with E-state index < -0.39 is 0 Å². The standard InChI is InChI=1S/C16H26N4O2/c1-12(2)14-17-8-5-13(19-14)15(21)18-11-16(20(3)4)6-9-22-10-7-16/h5,8,12H,6-7,9-11H2,1-4H3,(H,18,21). The first-order valence-electron chi connectivity index (χ1n) is 7.81. The van der Waals surface area contributed by atoms with Gasteiger partial charge >= 0.3 is 0 Å². The zero-order valence-electron chi connectivity index (χ0n) is 13.9. The Hall–Kier alpha value is -1.53. The molecule has 0 bridgehead atoms. The monoisotopic (exact) mass is 306 g/mol. The van der Waals surface area contributed by atoms with Gasteiger partial charge in [0.25, 0.3) is 5.91 Å². The summed E-state index contributed by atoms with van der Waals surface area (Å²) in [6.07, 6.45) is 3.48. The summed E-state index contributed by atoms with van der Waals surface area (Å²) in [5.41, 5.74) is 0.390. The lowest BCUT2D eigenvalue weighted by molar-refractivity contribution is -0.00660. The number of carbonyl (C=O) groups is 1. The summed E-state index contributed by atoms with van der Waals surface area (Å²) in [7, 11) is 4.11. The number of amides is 1. The van der Waals surface area contributed by atoms with E-state index in [-0.39, 0.29) is 17.4 Å². The van der Waals surface area contributed by atoms with E-state index in [0.717, 1.165) is 26.1 Å². The van der Waals surface area contributed by atoms with Crippen molar-refractivity contribution in [2.75, 3.05) is 33.9 Å². The van der Waals surface area contributed by atoms with Crippen molar-refractivity contribution in [1.29, 1.82) is 0 Å². The van der Waals surface area contributed by atoms with Gasteiger partial charge in [0.15, 0.2) is 0 Å². The van der Waals surface area contributed by atoms with E-state index in [1.54, 1.807) is 12.3 Å². The highest BCUT2D eigenvalue weighted by molar-refractivity contribution is 5.92. The van der Waals surface area contributed by atoms with Crippen molar-refractivity contribution >= 4 is 5.91 Å². The second-order valence-electron chi connectivity index (χ2n) is 6.37. The van der Waals surface area contributed by atoms with E-state index >= 15 is 0 Å². The Bertz CT molecular complexity index is 511. The molecule has 1 fully saturated rings. The molecule has 2 rings (SSSR count). The van der Waals surface area contributed by atoms with Gasteiger partial charge in [0.2, 0.25) is 0 Å². The van der Waals surface area contributed by atoms with Crippen LogP contribution in [0.15, 0.2) is 12.3 Å². The zero-order chi connectivity index (χ0) is 16.2. The highest BCUT2D eigenvalue weighted by atomic mass is 16.5. The number of ether oxygens (including phenoxy) is 1. The van der Waals surface area contributed by atoms with Gasteiger partial charge in [0.05, 0.1) is 0 Å². The van der Waals surface area contributed by atoms with Crippen molar-refractivity contribution in [3.8, 4) is 0 Å². The number of hydrogen-bond donors (Lipinski definition) is 1. The van der Waals surface area contributed by atoms with Crippen LogP contribution in [0.25, 0.3) is 0 Å². The van der Waals surface area contributed by atoms with Gasteiger partial charge < -0.3 is 15.0 Å². The molecular weight excluding hydrogens is 280 g/mol. The molecule has 0 atom stereocenters. The molecule has 1 aromatic heterocycles. The Kier molecular flexibility index (Phi) is 5.47. The Morgan fingerprint density at radius 3 is 2.68 bits per heavy atom. The van der Waals surface area contributed by atoms with Gasteiger partial charge in [0, 0.05) is 37.4 Å². The van der Waals surface area contributed by atoms with Crippen LogP contribution in [0.5, 0.6) is 0 Å². The minimum absolute atomic E-state index is 0.0399. The summed E-state index contributed by atoms with van der Waals surface area (Å²) < 4.78 is 5.45. The van der Waals surface area contributed by atoms with Gasteiger partial charge in [-0.25, -0.2) is 9.97 Å². The van der Waals surface area contributed by atoms with E-state index in [9.17, 15) is 4.79 Å². The fourth-order valence-electron chi connectivity index (χ4n) is 2.65. The van der Waals surface area contributed by atoms with Crippen molar-refractivity contribution in [2.45, 2.75) is 38.1 Å². The fourth-order valence-corrected chi connectivity index (χ4v) is 2.65. The Labute approximate surface area is 132 Å². The molecule has 1 aromatic rings. The van der Waals surface area contributed by atoms with E-state index in [1.807, 2.05) is 13.8 Å². The number of likely N-dealkylation sites (N-methyl/N-ethyl adjacent to an activating group) is 1. The first-order valence-corrected chi connectivity index (χ1v) is 7.81. The van der Waals surface area contributed by atoms with Gasteiger partial charge in [-0.3, -0.25) is 4.79 Å². The van der Waals surface area contributed by atoms with Crippen LogP contribution in [0.3, 0.4) is 0 Å². The molecule has 1 N–H and O–H groups in total. The molecule has 0 radical (unpaired) electrons. The normalized spacial score (nSPS) is 17.7. The molecule has 0 aromatic carbocycles. The largest absolute Gasteiger partial charge is 0.381 e. The van der Waals surface area contributed by atoms with E-state index in [1.165, 1.54) is 0 Å². The van der Waals surface area contributed by atoms with Gasteiger partial charge in [-0.1, -0.05) is 13.8 Å². The van der Waals surface area contributed by atoms with Crippen LogP contribution in [0.2, 0.25) is 0 Å². The van der Waals surface area contributed by atoms with Crippen molar-refractivity contribution < 1.29 is 9.53 Å². The molecule has 122 valence electrons. The molecule has 1 saturated heterocycles. The average molecular weight is 306 g/mol. The first-order chi connectivity index (χ1) is 10.4. The van der Waals surface area contributed by atoms with Crippen LogP contribution in [0.1, 0.15) is 48.9 Å². The SMILES string of the molecule is CC(C)c1nccc(C(=O)NCC2(N(C)C)CCOCC2)n1. The summed E-state index contributed by atoms with van der Waals surface area (Å²) in [6, 6.07) is 1.66. The maximum Gasteiger partial charge on any atom is 0.270 e. The molecule has 1 aliphatic heterocycles.